The van der Waals surface area contributed by atoms with Crippen molar-refractivity contribution in [3.8, 4) is 0 Å². The summed E-state index contributed by atoms with van der Waals surface area (Å²) in [5.41, 5.74) is 10.6. The fourth-order valence-corrected chi connectivity index (χ4v) is 2.47. The Hall–Kier alpha value is -1.97. The number of nitrogens with zero attached hydrogens (tertiary/aromatic N) is 2. The van der Waals surface area contributed by atoms with Crippen LogP contribution >= 0.6 is 0 Å². The number of anilines is 2. The second-order valence-electron chi connectivity index (χ2n) is 4.45. The number of fused-ring (bicyclic) bond motifs is 1. The fraction of sp³-hybridized carbons (Fsp3) is 0.308. The van der Waals surface area contributed by atoms with Crippen LogP contribution in [0.3, 0.4) is 0 Å². The molecule has 1 aliphatic rings. The van der Waals surface area contributed by atoms with Crippen molar-refractivity contribution in [1.82, 2.24) is 9.97 Å². The zero-order valence-corrected chi connectivity index (χ0v) is 9.69. The topological polar surface area (TPSA) is 57.9 Å². The number of imidazole rings is 1. The van der Waals surface area contributed by atoms with Gasteiger partial charge in [0.05, 0.1) is 18.6 Å². The van der Waals surface area contributed by atoms with Crippen LogP contribution in [0.5, 0.6) is 0 Å². The van der Waals surface area contributed by atoms with Crippen molar-refractivity contribution in [2.45, 2.75) is 19.4 Å². The van der Waals surface area contributed by atoms with E-state index in [0.717, 1.165) is 37.3 Å². The molecule has 0 spiro atoms. The largest absolute Gasteiger partial charge is 0.398 e. The lowest BCUT2D eigenvalue weighted by Gasteiger charge is -2.31. The number of aromatic nitrogens is 2. The molecule has 0 radical (unpaired) electrons. The first-order valence-corrected chi connectivity index (χ1v) is 5.94. The van der Waals surface area contributed by atoms with Crippen LogP contribution in [-0.2, 0) is 13.0 Å². The van der Waals surface area contributed by atoms with Crippen LogP contribution in [-0.4, -0.2) is 16.5 Å². The maximum atomic E-state index is 6.03. The zero-order chi connectivity index (χ0) is 11.7. The van der Waals surface area contributed by atoms with Gasteiger partial charge in [-0.1, -0.05) is 6.07 Å². The van der Waals surface area contributed by atoms with Crippen LogP contribution in [0.25, 0.3) is 0 Å². The van der Waals surface area contributed by atoms with Gasteiger partial charge in [0.1, 0.15) is 0 Å². The molecular formula is C13H16N4. The fourth-order valence-electron chi connectivity index (χ4n) is 2.47. The van der Waals surface area contributed by atoms with Crippen LogP contribution in [0.2, 0.25) is 0 Å². The number of hydrogen-bond donors (Lipinski definition) is 2. The zero-order valence-electron chi connectivity index (χ0n) is 9.69. The molecule has 2 heterocycles. The number of H-pyrrole nitrogens is 1. The van der Waals surface area contributed by atoms with Crippen molar-refractivity contribution in [2.75, 3.05) is 17.2 Å². The van der Waals surface area contributed by atoms with E-state index in [2.05, 4.69) is 20.9 Å². The van der Waals surface area contributed by atoms with Crippen LogP contribution < -0.4 is 10.6 Å². The predicted molar refractivity (Wildman–Crippen MR) is 68.8 cm³/mol. The van der Waals surface area contributed by atoms with E-state index in [1.165, 1.54) is 11.3 Å². The number of rotatable bonds is 2. The molecule has 1 aromatic heterocycles. The molecule has 0 unspecified atom stereocenters. The molecule has 2 aromatic rings. The Morgan fingerprint density at radius 2 is 2.35 bits per heavy atom. The van der Waals surface area contributed by atoms with E-state index in [9.17, 15) is 0 Å². The van der Waals surface area contributed by atoms with Crippen molar-refractivity contribution in [1.29, 1.82) is 0 Å². The number of hydrogen-bond acceptors (Lipinski definition) is 3. The molecule has 17 heavy (non-hydrogen) atoms. The quantitative estimate of drug-likeness (QED) is 0.772. The summed E-state index contributed by atoms with van der Waals surface area (Å²) in [5, 5.41) is 0. The van der Waals surface area contributed by atoms with Gasteiger partial charge in [0.2, 0.25) is 0 Å². The van der Waals surface area contributed by atoms with E-state index < -0.39 is 0 Å². The third kappa shape index (κ3) is 1.86. The minimum Gasteiger partial charge on any atom is -0.398 e. The van der Waals surface area contributed by atoms with E-state index in [0.29, 0.717) is 0 Å². The Kier molecular flexibility index (Phi) is 2.48. The van der Waals surface area contributed by atoms with Gasteiger partial charge in [0.25, 0.3) is 0 Å². The first-order chi connectivity index (χ1) is 8.34. The number of nitrogen functional groups attached to an aromatic ring is 1. The summed E-state index contributed by atoms with van der Waals surface area (Å²) in [5.74, 6) is 0. The van der Waals surface area contributed by atoms with Crippen LogP contribution in [0.4, 0.5) is 11.4 Å². The van der Waals surface area contributed by atoms with E-state index in [1.807, 2.05) is 18.3 Å². The van der Waals surface area contributed by atoms with E-state index >= 15 is 0 Å². The van der Waals surface area contributed by atoms with Crippen LogP contribution in [0.1, 0.15) is 17.7 Å². The van der Waals surface area contributed by atoms with Gasteiger partial charge in [-0.15, -0.1) is 0 Å². The van der Waals surface area contributed by atoms with Gasteiger partial charge in [-0.25, -0.2) is 4.98 Å². The molecule has 1 aliphatic heterocycles. The van der Waals surface area contributed by atoms with Crippen molar-refractivity contribution in [3.05, 3.63) is 42.0 Å². The second kappa shape index (κ2) is 4.13. The maximum Gasteiger partial charge on any atom is 0.0922 e. The van der Waals surface area contributed by atoms with Gasteiger partial charge in [0, 0.05) is 24.1 Å². The summed E-state index contributed by atoms with van der Waals surface area (Å²) in [7, 11) is 0. The highest BCUT2D eigenvalue weighted by atomic mass is 15.1. The SMILES string of the molecule is Nc1cccc2c1CCCN2Cc1cnc[nH]1. The highest BCUT2D eigenvalue weighted by Gasteiger charge is 2.18. The molecule has 3 N–H and O–H groups in total. The predicted octanol–water partition coefficient (Wildman–Crippen LogP) is 1.94. The summed E-state index contributed by atoms with van der Waals surface area (Å²) in [6.07, 6.45) is 5.84. The molecule has 1 aromatic carbocycles. The van der Waals surface area contributed by atoms with Crippen molar-refractivity contribution in [3.63, 3.8) is 0 Å². The molecule has 0 saturated carbocycles. The van der Waals surface area contributed by atoms with Gasteiger partial charge >= 0.3 is 0 Å². The Bertz CT molecular complexity index is 504. The number of nitrogens with one attached hydrogen (secondary N) is 1. The van der Waals surface area contributed by atoms with Crippen LogP contribution in [0.15, 0.2) is 30.7 Å². The lowest BCUT2D eigenvalue weighted by atomic mass is 10.00. The lowest BCUT2D eigenvalue weighted by molar-refractivity contribution is 0.686. The van der Waals surface area contributed by atoms with E-state index in [-0.39, 0.29) is 0 Å². The van der Waals surface area contributed by atoms with Crippen LogP contribution in [0, 0.1) is 0 Å². The molecule has 0 atom stereocenters. The average Bonchev–Trinajstić information content (AvgIpc) is 2.83. The molecule has 3 rings (SSSR count). The number of benzene rings is 1. The third-order valence-electron chi connectivity index (χ3n) is 3.30. The minimum atomic E-state index is 0.871. The average molecular weight is 228 g/mol. The third-order valence-corrected chi connectivity index (χ3v) is 3.30. The second-order valence-corrected chi connectivity index (χ2v) is 4.45. The Balaban J connectivity index is 1.92. The standard InChI is InChI=1S/C13H16N4/c14-12-4-1-5-13-11(12)3-2-6-17(13)8-10-7-15-9-16-10/h1,4-5,7,9H,2-3,6,8,14H2,(H,15,16). The molecular weight excluding hydrogens is 212 g/mol. The molecule has 88 valence electrons. The number of nitrogens with two attached hydrogens (primary N) is 1. The Labute approximate surface area is 100 Å². The molecule has 4 nitrogen and oxygen atoms in total. The minimum absolute atomic E-state index is 0.871. The summed E-state index contributed by atoms with van der Waals surface area (Å²) >= 11 is 0. The summed E-state index contributed by atoms with van der Waals surface area (Å²) in [6, 6.07) is 6.17. The van der Waals surface area contributed by atoms with E-state index in [4.69, 9.17) is 5.73 Å². The molecule has 0 bridgehead atoms. The molecule has 0 saturated heterocycles. The Morgan fingerprint density at radius 1 is 1.41 bits per heavy atom. The Morgan fingerprint density at radius 3 is 3.18 bits per heavy atom. The van der Waals surface area contributed by atoms with Gasteiger partial charge in [-0.2, -0.15) is 0 Å². The highest BCUT2D eigenvalue weighted by molar-refractivity contribution is 5.66. The van der Waals surface area contributed by atoms with Crippen molar-refractivity contribution < 1.29 is 0 Å². The molecule has 4 heteroatoms. The van der Waals surface area contributed by atoms with Gasteiger partial charge in [0.15, 0.2) is 0 Å². The highest BCUT2D eigenvalue weighted by Crippen LogP contribution is 2.31. The normalized spacial score (nSPS) is 14.7. The monoisotopic (exact) mass is 228 g/mol. The van der Waals surface area contributed by atoms with Gasteiger partial charge in [-0.3, -0.25) is 0 Å². The van der Waals surface area contributed by atoms with Crippen molar-refractivity contribution in [2.24, 2.45) is 0 Å². The first-order valence-electron chi connectivity index (χ1n) is 5.94. The van der Waals surface area contributed by atoms with E-state index in [1.54, 1.807) is 6.33 Å². The van der Waals surface area contributed by atoms with Crippen molar-refractivity contribution >= 4 is 11.4 Å². The smallest absolute Gasteiger partial charge is 0.0922 e. The maximum absolute atomic E-state index is 6.03. The number of aromatic amines is 1. The first kappa shape index (κ1) is 10.2. The van der Waals surface area contributed by atoms with Gasteiger partial charge in [-0.05, 0) is 30.5 Å². The molecule has 0 aliphatic carbocycles. The molecule has 0 amide bonds. The summed E-state index contributed by atoms with van der Waals surface area (Å²) in [4.78, 5) is 9.56. The van der Waals surface area contributed by atoms with Gasteiger partial charge < -0.3 is 15.6 Å². The summed E-state index contributed by atoms with van der Waals surface area (Å²) < 4.78 is 0. The molecule has 0 fully saturated rings. The summed E-state index contributed by atoms with van der Waals surface area (Å²) in [6.45, 7) is 1.95. The lowest BCUT2D eigenvalue weighted by Crippen LogP contribution is -2.29.